The first-order chi connectivity index (χ1) is 7.62. The topological polar surface area (TPSA) is 71.1 Å². The van der Waals surface area contributed by atoms with Gasteiger partial charge < -0.3 is 18.9 Å². The SMILES string of the molecule is COC(=O)OC1(OC(=O)OC)CCCCC1. The fourth-order valence-corrected chi connectivity index (χ4v) is 1.70. The lowest BCUT2D eigenvalue weighted by Gasteiger charge is -2.34. The summed E-state index contributed by atoms with van der Waals surface area (Å²) in [5.41, 5.74) is 0. The third-order valence-corrected chi connectivity index (χ3v) is 2.49. The van der Waals surface area contributed by atoms with Crippen LogP contribution in [-0.2, 0) is 18.9 Å². The predicted octanol–water partition coefficient (Wildman–Crippen LogP) is 2.21. The number of rotatable bonds is 2. The molecule has 0 spiro atoms. The van der Waals surface area contributed by atoms with Crippen molar-refractivity contribution in [3.63, 3.8) is 0 Å². The van der Waals surface area contributed by atoms with Crippen LogP contribution in [-0.4, -0.2) is 32.3 Å². The molecule has 6 heteroatoms. The lowest BCUT2D eigenvalue weighted by atomic mass is 9.94. The number of hydrogen-bond donors (Lipinski definition) is 0. The van der Waals surface area contributed by atoms with Gasteiger partial charge in [-0.25, -0.2) is 9.59 Å². The first kappa shape index (κ1) is 12.6. The van der Waals surface area contributed by atoms with Gasteiger partial charge in [0, 0.05) is 12.8 Å². The Kier molecular flexibility index (Phi) is 4.39. The highest BCUT2D eigenvalue weighted by Crippen LogP contribution is 2.33. The van der Waals surface area contributed by atoms with Crippen LogP contribution in [0.2, 0.25) is 0 Å². The van der Waals surface area contributed by atoms with Gasteiger partial charge in [0.05, 0.1) is 14.2 Å². The highest BCUT2D eigenvalue weighted by atomic mass is 16.8. The zero-order chi connectivity index (χ0) is 12.0. The van der Waals surface area contributed by atoms with E-state index in [-0.39, 0.29) is 0 Å². The molecule has 1 fully saturated rings. The molecule has 1 aliphatic rings. The minimum atomic E-state index is -1.22. The van der Waals surface area contributed by atoms with E-state index in [1.165, 1.54) is 14.2 Å². The van der Waals surface area contributed by atoms with Gasteiger partial charge >= 0.3 is 12.3 Å². The van der Waals surface area contributed by atoms with E-state index in [1.54, 1.807) is 0 Å². The number of hydrogen-bond acceptors (Lipinski definition) is 6. The molecular formula is C10H16O6. The summed E-state index contributed by atoms with van der Waals surface area (Å²) in [5, 5.41) is 0. The first-order valence-electron chi connectivity index (χ1n) is 5.16. The number of methoxy groups -OCH3 is 2. The van der Waals surface area contributed by atoms with Crippen molar-refractivity contribution in [3.8, 4) is 0 Å². The summed E-state index contributed by atoms with van der Waals surface area (Å²) in [6, 6.07) is 0. The van der Waals surface area contributed by atoms with E-state index in [0.29, 0.717) is 12.8 Å². The molecule has 0 radical (unpaired) electrons. The maximum atomic E-state index is 11.1. The second-order valence-corrected chi connectivity index (χ2v) is 3.58. The summed E-state index contributed by atoms with van der Waals surface area (Å²) < 4.78 is 18.8. The predicted molar refractivity (Wildman–Crippen MR) is 52.8 cm³/mol. The molecular weight excluding hydrogens is 216 g/mol. The van der Waals surface area contributed by atoms with Gasteiger partial charge in [-0.2, -0.15) is 0 Å². The quantitative estimate of drug-likeness (QED) is 0.537. The third-order valence-electron chi connectivity index (χ3n) is 2.49. The van der Waals surface area contributed by atoms with Gasteiger partial charge in [0.1, 0.15) is 0 Å². The van der Waals surface area contributed by atoms with Crippen LogP contribution in [0, 0.1) is 0 Å². The maximum Gasteiger partial charge on any atom is 0.511 e. The molecule has 0 amide bonds. The molecule has 0 aliphatic heterocycles. The Bertz CT molecular complexity index is 236. The Morgan fingerprint density at radius 2 is 1.31 bits per heavy atom. The summed E-state index contributed by atoms with van der Waals surface area (Å²) in [6.45, 7) is 0. The highest BCUT2D eigenvalue weighted by Gasteiger charge is 2.41. The molecule has 92 valence electrons. The molecule has 1 rings (SSSR count). The van der Waals surface area contributed by atoms with E-state index >= 15 is 0 Å². The fourth-order valence-electron chi connectivity index (χ4n) is 1.70. The molecule has 0 N–H and O–H groups in total. The largest absolute Gasteiger partial charge is 0.511 e. The fraction of sp³-hybridized carbons (Fsp3) is 0.800. The summed E-state index contributed by atoms with van der Waals surface area (Å²) in [4.78, 5) is 22.2. The van der Waals surface area contributed by atoms with Gasteiger partial charge in [-0.1, -0.05) is 6.42 Å². The summed E-state index contributed by atoms with van der Waals surface area (Å²) in [5.74, 6) is -1.22. The lowest BCUT2D eigenvalue weighted by Crippen LogP contribution is -2.41. The van der Waals surface area contributed by atoms with Crippen molar-refractivity contribution in [2.75, 3.05) is 14.2 Å². The standard InChI is InChI=1S/C10H16O6/c1-13-8(11)15-10(16-9(12)14-2)6-4-3-5-7-10/h3-7H2,1-2H3. The van der Waals surface area contributed by atoms with Crippen molar-refractivity contribution in [3.05, 3.63) is 0 Å². The molecule has 16 heavy (non-hydrogen) atoms. The van der Waals surface area contributed by atoms with Gasteiger partial charge in [-0.05, 0) is 12.8 Å². The Balaban J connectivity index is 2.66. The summed E-state index contributed by atoms with van der Waals surface area (Å²) >= 11 is 0. The van der Waals surface area contributed by atoms with Crippen LogP contribution in [0.4, 0.5) is 9.59 Å². The van der Waals surface area contributed by atoms with Gasteiger partial charge in [-0.3, -0.25) is 0 Å². The molecule has 0 aromatic rings. The molecule has 0 heterocycles. The zero-order valence-electron chi connectivity index (χ0n) is 9.49. The molecule has 0 saturated heterocycles. The van der Waals surface area contributed by atoms with Crippen LogP contribution in [0.1, 0.15) is 32.1 Å². The molecule has 0 unspecified atom stereocenters. The van der Waals surface area contributed by atoms with E-state index < -0.39 is 18.1 Å². The molecule has 1 saturated carbocycles. The van der Waals surface area contributed by atoms with Crippen LogP contribution in [0.15, 0.2) is 0 Å². The number of carbonyl (C=O) groups is 2. The van der Waals surface area contributed by atoms with Crippen LogP contribution >= 0.6 is 0 Å². The van der Waals surface area contributed by atoms with Crippen LogP contribution in [0.25, 0.3) is 0 Å². The van der Waals surface area contributed by atoms with Crippen molar-refractivity contribution in [1.29, 1.82) is 0 Å². The molecule has 6 nitrogen and oxygen atoms in total. The first-order valence-corrected chi connectivity index (χ1v) is 5.16. The second kappa shape index (κ2) is 5.58. The van der Waals surface area contributed by atoms with Crippen molar-refractivity contribution < 1.29 is 28.5 Å². The monoisotopic (exact) mass is 232 g/mol. The molecule has 0 bridgehead atoms. The molecule has 0 aromatic carbocycles. The lowest BCUT2D eigenvalue weighted by molar-refractivity contribution is -0.202. The van der Waals surface area contributed by atoms with Crippen molar-refractivity contribution >= 4 is 12.3 Å². The molecule has 0 aromatic heterocycles. The second-order valence-electron chi connectivity index (χ2n) is 3.58. The van der Waals surface area contributed by atoms with Crippen molar-refractivity contribution in [2.24, 2.45) is 0 Å². The summed E-state index contributed by atoms with van der Waals surface area (Å²) in [7, 11) is 2.41. The van der Waals surface area contributed by atoms with E-state index in [0.717, 1.165) is 19.3 Å². The van der Waals surface area contributed by atoms with Crippen LogP contribution in [0.5, 0.6) is 0 Å². The molecule has 0 atom stereocenters. The van der Waals surface area contributed by atoms with Crippen LogP contribution < -0.4 is 0 Å². The van der Waals surface area contributed by atoms with Gasteiger partial charge in [0.2, 0.25) is 0 Å². The van der Waals surface area contributed by atoms with Crippen molar-refractivity contribution in [2.45, 2.75) is 37.9 Å². The minimum absolute atomic E-state index is 0.469. The van der Waals surface area contributed by atoms with E-state index in [1.807, 2.05) is 0 Å². The Morgan fingerprint density at radius 3 is 1.69 bits per heavy atom. The Labute approximate surface area is 93.8 Å². The molecule has 1 aliphatic carbocycles. The van der Waals surface area contributed by atoms with E-state index in [4.69, 9.17) is 9.47 Å². The van der Waals surface area contributed by atoms with Crippen LogP contribution in [0.3, 0.4) is 0 Å². The van der Waals surface area contributed by atoms with Gasteiger partial charge in [0.25, 0.3) is 5.79 Å². The van der Waals surface area contributed by atoms with Gasteiger partial charge in [-0.15, -0.1) is 0 Å². The Morgan fingerprint density at radius 1 is 0.875 bits per heavy atom. The number of carbonyl (C=O) groups excluding carboxylic acids is 2. The normalized spacial score (nSPS) is 18.4. The average Bonchev–Trinajstić information content (AvgIpc) is 2.29. The van der Waals surface area contributed by atoms with E-state index in [9.17, 15) is 9.59 Å². The summed E-state index contributed by atoms with van der Waals surface area (Å²) in [6.07, 6.45) is 1.91. The van der Waals surface area contributed by atoms with Crippen molar-refractivity contribution in [1.82, 2.24) is 0 Å². The Hall–Kier alpha value is -1.46. The van der Waals surface area contributed by atoms with E-state index in [2.05, 4.69) is 9.47 Å². The smallest absolute Gasteiger partial charge is 0.438 e. The minimum Gasteiger partial charge on any atom is -0.438 e. The zero-order valence-corrected chi connectivity index (χ0v) is 9.49. The number of ether oxygens (including phenoxy) is 4. The maximum absolute atomic E-state index is 11.1. The van der Waals surface area contributed by atoms with Gasteiger partial charge in [0.15, 0.2) is 0 Å². The average molecular weight is 232 g/mol. The third kappa shape index (κ3) is 3.29. The highest BCUT2D eigenvalue weighted by molar-refractivity contribution is 5.62.